The highest BCUT2D eigenvalue weighted by Gasteiger charge is 2.16. The Morgan fingerprint density at radius 3 is 2.53 bits per heavy atom. The van der Waals surface area contributed by atoms with E-state index in [0.29, 0.717) is 31.2 Å². The van der Waals surface area contributed by atoms with Crippen LogP contribution in [0.3, 0.4) is 0 Å². The summed E-state index contributed by atoms with van der Waals surface area (Å²) in [6.07, 6.45) is 1.84. The molecule has 6 nitrogen and oxygen atoms in total. The summed E-state index contributed by atoms with van der Waals surface area (Å²) in [6.45, 7) is 5.80. The van der Waals surface area contributed by atoms with Crippen LogP contribution >= 0.6 is 11.6 Å². The van der Waals surface area contributed by atoms with Gasteiger partial charge < -0.3 is 19.7 Å². The molecular weight excluding hydrogens is 435 g/mol. The number of amides is 2. The number of carbonyl (C=O) groups is 2. The number of methoxy groups -OCH3 is 1. The maximum absolute atomic E-state index is 13.2. The van der Waals surface area contributed by atoms with Crippen LogP contribution in [-0.4, -0.2) is 43.5 Å². The predicted octanol–water partition coefficient (Wildman–Crippen LogP) is 4.84. The van der Waals surface area contributed by atoms with Crippen molar-refractivity contribution in [1.29, 1.82) is 0 Å². The first-order valence-corrected chi connectivity index (χ1v) is 11.1. The lowest BCUT2D eigenvalue weighted by Gasteiger charge is -2.23. The molecule has 0 fully saturated rings. The number of hydrogen-bond donors (Lipinski definition) is 1. The van der Waals surface area contributed by atoms with Crippen LogP contribution in [0.1, 0.15) is 49.0 Å². The van der Waals surface area contributed by atoms with Crippen LogP contribution in [0.25, 0.3) is 0 Å². The highest BCUT2D eigenvalue weighted by Crippen LogP contribution is 2.29. The molecule has 0 aromatic heterocycles. The smallest absolute Gasteiger partial charge is 0.252 e. The van der Waals surface area contributed by atoms with Crippen LogP contribution in [0.15, 0.2) is 36.4 Å². The lowest BCUT2D eigenvalue weighted by atomic mass is 10.1. The van der Waals surface area contributed by atoms with Gasteiger partial charge >= 0.3 is 0 Å². The molecule has 0 heterocycles. The average Bonchev–Trinajstić information content (AvgIpc) is 2.77. The van der Waals surface area contributed by atoms with Gasteiger partial charge in [-0.05, 0) is 48.7 Å². The quantitative estimate of drug-likeness (QED) is 0.488. The molecule has 0 spiro atoms. The Kier molecular flexibility index (Phi) is 10.3. The van der Waals surface area contributed by atoms with Crippen molar-refractivity contribution in [3.8, 4) is 11.5 Å². The molecule has 8 heteroatoms. The normalized spacial score (nSPS) is 10.5. The third kappa shape index (κ3) is 7.41. The molecule has 0 unspecified atom stereocenters. The van der Waals surface area contributed by atoms with Crippen LogP contribution in [-0.2, 0) is 11.3 Å². The minimum atomic E-state index is -0.515. The number of nitrogens with one attached hydrogen (secondary N) is 1. The summed E-state index contributed by atoms with van der Waals surface area (Å²) in [4.78, 5) is 26.8. The van der Waals surface area contributed by atoms with Crippen molar-refractivity contribution < 1.29 is 23.5 Å². The van der Waals surface area contributed by atoms with E-state index in [0.717, 1.165) is 24.5 Å². The molecule has 2 amide bonds. The Bertz CT molecular complexity index is 923. The first-order valence-electron chi connectivity index (χ1n) is 10.7. The number of rotatable bonds is 12. The summed E-state index contributed by atoms with van der Waals surface area (Å²) in [6, 6.07) is 9.21. The van der Waals surface area contributed by atoms with Gasteiger partial charge in [-0.15, -0.1) is 0 Å². The summed E-state index contributed by atoms with van der Waals surface area (Å²) in [7, 11) is 1.59. The second kappa shape index (κ2) is 12.9. The second-order valence-electron chi connectivity index (χ2n) is 7.28. The molecule has 174 valence electrons. The van der Waals surface area contributed by atoms with Gasteiger partial charge in [0.15, 0.2) is 11.5 Å². The molecular formula is C24H30ClFN2O4. The molecule has 0 aliphatic carbocycles. The van der Waals surface area contributed by atoms with Crippen LogP contribution in [0.4, 0.5) is 4.39 Å². The zero-order chi connectivity index (χ0) is 23.5. The van der Waals surface area contributed by atoms with Crippen molar-refractivity contribution in [1.82, 2.24) is 10.2 Å². The van der Waals surface area contributed by atoms with Crippen molar-refractivity contribution in [2.24, 2.45) is 0 Å². The maximum atomic E-state index is 13.2. The Balaban J connectivity index is 1.96. The van der Waals surface area contributed by atoms with Gasteiger partial charge in [0.2, 0.25) is 5.91 Å². The van der Waals surface area contributed by atoms with E-state index in [1.54, 1.807) is 12.0 Å². The van der Waals surface area contributed by atoms with E-state index in [1.165, 1.54) is 12.1 Å². The first kappa shape index (κ1) is 25.5. The molecule has 0 aliphatic rings. The van der Waals surface area contributed by atoms with E-state index in [9.17, 15) is 14.0 Å². The molecule has 0 aliphatic heterocycles. The molecule has 1 N–H and O–H groups in total. The number of nitrogens with zero attached hydrogens (tertiary/aromatic N) is 1. The molecule has 0 bridgehead atoms. The van der Waals surface area contributed by atoms with E-state index >= 15 is 0 Å². The Morgan fingerprint density at radius 2 is 1.88 bits per heavy atom. The first-order chi connectivity index (χ1) is 15.4. The van der Waals surface area contributed by atoms with Gasteiger partial charge in [0.25, 0.3) is 5.91 Å². The number of carbonyl (C=O) groups excluding carboxylic acids is 2. The summed E-state index contributed by atoms with van der Waals surface area (Å²) in [5.41, 5.74) is 1.10. The third-order valence-corrected chi connectivity index (χ3v) is 5.02. The van der Waals surface area contributed by atoms with E-state index in [1.807, 2.05) is 32.0 Å². The van der Waals surface area contributed by atoms with Gasteiger partial charge in [-0.1, -0.05) is 31.5 Å². The molecule has 2 rings (SSSR count). The lowest BCUT2D eigenvalue weighted by Crippen LogP contribution is -2.34. The third-order valence-electron chi connectivity index (χ3n) is 4.71. The monoisotopic (exact) mass is 464 g/mol. The van der Waals surface area contributed by atoms with Crippen molar-refractivity contribution >= 4 is 23.4 Å². The van der Waals surface area contributed by atoms with E-state index in [4.69, 9.17) is 21.1 Å². The molecule has 2 aromatic rings. The minimum absolute atomic E-state index is 0.0294. The Hall–Kier alpha value is -2.80. The number of halogens is 2. The number of ether oxygens (including phenoxy) is 2. The molecule has 0 atom stereocenters. The molecule has 2 aromatic carbocycles. The predicted molar refractivity (Wildman–Crippen MR) is 123 cm³/mol. The van der Waals surface area contributed by atoms with Gasteiger partial charge in [-0.25, -0.2) is 4.39 Å². The van der Waals surface area contributed by atoms with Crippen molar-refractivity contribution in [3.05, 3.63) is 58.4 Å². The molecule has 32 heavy (non-hydrogen) atoms. The summed E-state index contributed by atoms with van der Waals surface area (Å²) in [5.74, 6) is 0.260. The number of hydrogen-bond acceptors (Lipinski definition) is 4. The van der Waals surface area contributed by atoms with Crippen molar-refractivity contribution in [2.75, 3.05) is 26.8 Å². The summed E-state index contributed by atoms with van der Waals surface area (Å²) < 4.78 is 24.3. The van der Waals surface area contributed by atoms with E-state index < -0.39 is 11.7 Å². The fraction of sp³-hybridized carbons (Fsp3) is 0.417. The summed E-state index contributed by atoms with van der Waals surface area (Å²) >= 11 is 5.92. The van der Waals surface area contributed by atoms with Crippen LogP contribution < -0.4 is 14.8 Å². The van der Waals surface area contributed by atoms with Gasteiger partial charge in [-0.2, -0.15) is 0 Å². The van der Waals surface area contributed by atoms with Crippen LogP contribution in [0.2, 0.25) is 5.02 Å². The number of benzene rings is 2. The zero-order valence-corrected chi connectivity index (χ0v) is 19.5. The van der Waals surface area contributed by atoms with Crippen molar-refractivity contribution in [2.45, 2.75) is 39.7 Å². The fourth-order valence-electron chi connectivity index (χ4n) is 3.13. The van der Waals surface area contributed by atoms with Gasteiger partial charge in [0.05, 0.1) is 24.3 Å². The largest absolute Gasteiger partial charge is 0.493 e. The molecule has 0 saturated carbocycles. The lowest BCUT2D eigenvalue weighted by molar-refractivity contribution is -0.131. The standard InChI is InChI=1S/C24H30ClFN2O4/c1-4-12-28(16-17-6-9-21(32-13-5-2)22(14-17)31-3)23(29)10-11-27-24(30)19-8-7-18(26)15-20(19)25/h6-9,14-15H,4-5,10-13,16H2,1-3H3,(H,27,30). The van der Waals surface area contributed by atoms with Crippen molar-refractivity contribution in [3.63, 3.8) is 0 Å². The van der Waals surface area contributed by atoms with E-state index in [2.05, 4.69) is 5.32 Å². The van der Waals surface area contributed by atoms with Gasteiger partial charge in [0.1, 0.15) is 5.82 Å². The highest BCUT2D eigenvalue weighted by molar-refractivity contribution is 6.33. The fourth-order valence-corrected chi connectivity index (χ4v) is 3.39. The zero-order valence-electron chi connectivity index (χ0n) is 18.7. The van der Waals surface area contributed by atoms with E-state index in [-0.39, 0.29) is 29.5 Å². The maximum Gasteiger partial charge on any atom is 0.252 e. The highest BCUT2D eigenvalue weighted by atomic mass is 35.5. The average molecular weight is 465 g/mol. The molecule has 0 radical (unpaired) electrons. The SMILES string of the molecule is CCCOc1ccc(CN(CCC)C(=O)CCNC(=O)c2ccc(F)cc2Cl)cc1OC. The Morgan fingerprint density at radius 1 is 1.09 bits per heavy atom. The topological polar surface area (TPSA) is 67.9 Å². The second-order valence-corrected chi connectivity index (χ2v) is 7.69. The Labute approximate surface area is 193 Å². The minimum Gasteiger partial charge on any atom is -0.493 e. The summed E-state index contributed by atoms with van der Waals surface area (Å²) in [5, 5.41) is 2.70. The van der Waals surface area contributed by atoms with Gasteiger partial charge in [0, 0.05) is 26.1 Å². The van der Waals surface area contributed by atoms with Crippen LogP contribution in [0, 0.1) is 5.82 Å². The molecule has 0 saturated heterocycles. The van der Waals surface area contributed by atoms with Crippen LogP contribution in [0.5, 0.6) is 11.5 Å². The van der Waals surface area contributed by atoms with Gasteiger partial charge in [-0.3, -0.25) is 9.59 Å².